The molecular weight excluding hydrogens is 404 g/mol. The van der Waals surface area contributed by atoms with Crippen LogP contribution in [0.25, 0.3) is 0 Å². The van der Waals surface area contributed by atoms with Gasteiger partial charge in [-0.05, 0) is 34.1 Å². The molecule has 8 heteroatoms. The molecule has 184 valence electrons. The Morgan fingerprint density at radius 1 is 0.774 bits per heavy atom. The molecule has 31 heavy (non-hydrogen) atoms. The third-order valence-corrected chi connectivity index (χ3v) is 4.83. The smallest absolute Gasteiger partial charge is 0.308 e. The summed E-state index contributed by atoms with van der Waals surface area (Å²) in [5.74, 6) is 0.631. The molecule has 2 aliphatic heterocycles. The number of carbonyl (C=O) groups excluding carboxylic acids is 2. The lowest BCUT2D eigenvalue weighted by atomic mass is 10.1. The SMILES string of the molecule is CCOC(OCC)[C@@H](C)CC.CCO[C@@H]1OC(=O)C[C@@H]1C.CCO[C@H]1OC(=O)C[C@@H]1C. The number of hydrogen-bond donors (Lipinski definition) is 0. The Morgan fingerprint density at radius 3 is 1.39 bits per heavy atom. The van der Waals surface area contributed by atoms with Gasteiger partial charge in [0.05, 0.1) is 12.8 Å². The minimum atomic E-state index is -0.294. The van der Waals surface area contributed by atoms with Gasteiger partial charge in [-0.1, -0.05) is 27.7 Å². The zero-order chi connectivity index (χ0) is 23.8. The van der Waals surface area contributed by atoms with Crippen LogP contribution in [0.2, 0.25) is 0 Å². The molecule has 0 aliphatic carbocycles. The molecule has 2 aliphatic rings. The Kier molecular flexibility index (Phi) is 16.7. The van der Waals surface area contributed by atoms with E-state index in [0.29, 0.717) is 32.0 Å². The molecule has 0 saturated carbocycles. The summed E-state index contributed by atoms with van der Waals surface area (Å²) < 4.78 is 30.8. The molecule has 5 atom stereocenters. The van der Waals surface area contributed by atoms with E-state index in [1.165, 1.54) is 0 Å². The summed E-state index contributed by atoms with van der Waals surface area (Å²) in [5, 5.41) is 0. The lowest BCUT2D eigenvalue weighted by Crippen LogP contribution is -2.24. The van der Waals surface area contributed by atoms with Crippen molar-refractivity contribution in [3.63, 3.8) is 0 Å². The van der Waals surface area contributed by atoms with E-state index in [4.69, 9.17) is 28.4 Å². The summed E-state index contributed by atoms with van der Waals surface area (Å²) in [6.45, 7) is 18.6. The molecule has 0 spiro atoms. The second-order valence-electron chi connectivity index (χ2n) is 7.65. The van der Waals surface area contributed by atoms with Crippen LogP contribution in [0.5, 0.6) is 0 Å². The Morgan fingerprint density at radius 2 is 1.16 bits per heavy atom. The van der Waals surface area contributed by atoms with Crippen LogP contribution in [0.3, 0.4) is 0 Å². The zero-order valence-electron chi connectivity index (χ0n) is 20.7. The minimum Gasteiger partial charge on any atom is -0.435 e. The lowest BCUT2D eigenvalue weighted by Gasteiger charge is -2.22. The van der Waals surface area contributed by atoms with E-state index in [9.17, 15) is 9.59 Å². The maximum Gasteiger partial charge on any atom is 0.308 e. The van der Waals surface area contributed by atoms with Crippen LogP contribution >= 0.6 is 0 Å². The topological polar surface area (TPSA) is 89.5 Å². The van der Waals surface area contributed by atoms with Crippen molar-refractivity contribution in [3.05, 3.63) is 0 Å². The molecule has 0 radical (unpaired) electrons. The van der Waals surface area contributed by atoms with Crippen LogP contribution in [0.4, 0.5) is 0 Å². The first kappa shape index (κ1) is 29.8. The Labute approximate surface area is 188 Å². The van der Waals surface area contributed by atoms with Gasteiger partial charge in [-0.25, -0.2) is 0 Å². The van der Waals surface area contributed by atoms with Gasteiger partial charge < -0.3 is 28.4 Å². The average molecular weight is 449 g/mol. The van der Waals surface area contributed by atoms with Crippen molar-refractivity contribution in [2.24, 2.45) is 17.8 Å². The van der Waals surface area contributed by atoms with Gasteiger partial charge in [0.25, 0.3) is 0 Å². The lowest BCUT2D eigenvalue weighted by molar-refractivity contribution is -0.166. The summed E-state index contributed by atoms with van der Waals surface area (Å²) in [5.41, 5.74) is 0. The van der Waals surface area contributed by atoms with Gasteiger partial charge in [0.1, 0.15) is 0 Å². The monoisotopic (exact) mass is 448 g/mol. The van der Waals surface area contributed by atoms with Gasteiger partial charge in [-0.3, -0.25) is 9.59 Å². The van der Waals surface area contributed by atoms with Crippen LogP contribution < -0.4 is 0 Å². The molecular formula is C23H44O8. The average Bonchev–Trinajstić information content (AvgIpc) is 3.22. The Balaban J connectivity index is 0.000000436. The van der Waals surface area contributed by atoms with Crippen molar-refractivity contribution in [1.29, 1.82) is 0 Å². The number of esters is 2. The highest BCUT2D eigenvalue weighted by Crippen LogP contribution is 2.22. The molecule has 0 aromatic rings. The molecule has 0 N–H and O–H groups in total. The van der Waals surface area contributed by atoms with Crippen molar-refractivity contribution in [3.8, 4) is 0 Å². The molecule has 0 aromatic carbocycles. The fourth-order valence-corrected chi connectivity index (χ4v) is 2.93. The van der Waals surface area contributed by atoms with Crippen LogP contribution in [0.1, 0.15) is 74.7 Å². The van der Waals surface area contributed by atoms with Gasteiger partial charge in [-0.15, -0.1) is 0 Å². The highest BCUT2D eigenvalue weighted by molar-refractivity contribution is 5.72. The standard InChI is InChI=1S/C9H20O2.2C7H12O3/c1-5-8(4)9(10-6-2)11-7-3;2*1-3-9-7-5(2)4-6(8)10-7/h8-9H,5-7H2,1-4H3;2*5,7H,3-4H2,1-2H3/t8-;5-,7+;5-,7-/m000/s1. The first-order chi connectivity index (χ1) is 14.7. The molecule has 0 unspecified atom stereocenters. The summed E-state index contributed by atoms with van der Waals surface area (Å²) in [6.07, 6.45) is 1.49. The summed E-state index contributed by atoms with van der Waals surface area (Å²) >= 11 is 0. The van der Waals surface area contributed by atoms with Crippen molar-refractivity contribution < 1.29 is 38.0 Å². The van der Waals surface area contributed by atoms with E-state index in [2.05, 4.69) is 13.8 Å². The maximum absolute atomic E-state index is 10.6. The van der Waals surface area contributed by atoms with Crippen LogP contribution in [-0.2, 0) is 38.0 Å². The second-order valence-corrected chi connectivity index (χ2v) is 7.65. The van der Waals surface area contributed by atoms with E-state index in [-0.39, 0.29) is 42.6 Å². The van der Waals surface area contributed by atoms with Crippen LogP contribution in [0.15, 0.2) is 0 Å². The largest absolute Gasteiger partial charge is 0.435 e. The summed E-state index contributed by atoms with van der Waals surface area (Å²) in [4.78, 5) is 21.3. The van der Waals surface area contributed by atoms with E-state index in [0.717, 1.165) is 19.6 Å². The first-order valence-corrected chi connectivity index (χ1v) is 11.6. The number of rotatable bonds is 10. The van der Waals surface area contributed by atoms with E-state index in [1.54, 1.807) is 0 Å². The summed E-state index contributed by atoms with van der Waals surface area (Å²) in [6, 6.07) is 0. The van der Waals surface area contributed by atoms with Crippen molar-refractivity contribution >= 4 is 11.9 Å². The third kappa shape index (κ3) is 12.4. The Hall–Kier alpha value is -1.22. The fraction of sp³-hybridized carbons (Fsp3) is 0.913. The number of carbonyl (C=O) groups is 2. The Bertz CT molecular complexity index is 446. The van der Waals surface area contributed by atoms with Crippen LogP contribution in [0, 0.1) is 17.8 Å². The predicted molar refractivity (Wildman–Crippen MR) is 117 cm³/mol. The van der Waals surface area contributed by atoms with E-state index >= 15 is 0 Å². The number of ether oxygens (including phenoxy) is 6. The zero-order valence-corrected chi connectivity index (χ0v) is 20.7. The highest BCUT2D eigenvalue weighted by atomic mass is 16.7. The van der Waals surface area contributed by atoms with Gasteiger partial charge in [0.2, 0.25) is 12.6 Å². The van der Waals surface area contributed by atoms with Crippen molar-refractivity contribution in [1.82, 2.24) is 0 Å². The second kappa shape index (κ2) is 17.3. The molecule has 0 amide bonds. The third-order valence-electron chi connectivity index (χ3n) is 4.83. The molecule has 8 nitrogen and oxygen atoms in total. The molecule has 2 fully saturated rings. The minimum absolute atomic E-state index is 0.00463. The summed E-state index contributed by atoms with van der Waals surface area (Å²) in [7, 11) is 0. The first-order valence-electron chi connectivity index (χ1n) is 11.6. The molecule has 2 heterocycles. The predicted octanol–water partition coefficient (Wildman–Crippen LogP) is 4.30. The highest BCUT2D eigenvalue weighted by Gasteiger charge is 2.32. The van der Waals surface area contributed by atoms with Gasteiger partial charge >= 0.3 is 11.9 Å². The van der Waals surface area contributed by atoms with E-state index < -0.39 is 0 Å². The number of hydrogen-bond acceptors (Lipinski definition) is 8. The van der Waals surface area contributed by atoms with Crippen molar-refractivity contribution in [2.45, 2.75) is 93.5 Å². The van der Waals surface area contributed by atoms with E-state index in [1.807, 2.05) is 41.5 Å². The molecule has 2 rings (SSSR count). The maximum atomic E-state index is 10.6. The molecule has 0 aromatic heterocycles. The normalized spacial score (nSPS) is 25.8. The van der Waals surface area contributed by atoms with Gasteiger partial charge in [0, 0.05) is 44.2 Å². The number of cyclic esters (lactones) is 2. The van der Waals surface area contributed by atoms with Gasteiger partial charge in [0.15, 0.2) is 6.29 Å². The van der Waals surface area contributed by atoms with Crippen molar-refractivity contribution in [2.75, 3.05) is 26.4 Å². The quantitative estimate of drug-likeness (QED) is 0.361. The molecule has 0 bridgehead atoms. The van der Waals surface area contributed by atoms with Gasteiger partial charge in [-0.2, -0.15) is 0 Å². The molecule has 2 saturated heterocycles. The van der Waals surface area contributed by atoms with Crippen LogP contribution in [-0.4, -0.2) is 57.2 Å². The fourth-order valence-electron chi connectivity index (χ4n) is 2.93.